The molecule has 1 aromatic heterocycles. The van der Waals surface area contributed by atoms with Gasteiger partial charge in [-0.3, -0.25) is 14.9 Å². The predicted molar refractivity (Wildman–Crippen MR) is 79.0 cm³/mol. The standard InChI is InChI=1S/C13H11ClN4O3/c14-11(8-4-2-1-3-5-8)13(19)17-10-7-6-9(18(20)21)12(15)16-10/h1-7,11H,(H3,15,16,17,19). The lowest BCUT2D eigenvalue weighted by atomic mass is 10.1. The minimum Gasteiger partial charge on any atom is -0.378 e. The highest BCUT2D eigenvalue weighted by Gasteiger charge is 2.19. The summed E-state index contributed by atoms with van der Waals surface area (Å²) in [6.07, 6.45) is 0. The van der Waals surface area contributed by atoms with Gasteiger partial charge in [0.2, 0.25) is 11.7 Å². The molecule has 1 aromatic carbocycles. The van der Waals surface area contributed by atoms with Gasteiger partial charge >= 0.3 is 5.69 Å². The largest absolute Gasteiger partial charge is 0.378 e. The van der Waals surface area contributed by atoms with Gasteiger partial charge in [0.1, 0.15) is 11.2 Å². The zero-order valence-electron chi connectivity index (χ0n) is 10.7. The normalized spacial score (nSPS) is 11.7. The molecule has 1 unspecified atom stereocenters. The Morgan fingerprint density at radius 3 is 2.52 bits per heavy atom. The summed E-state index contributed by atoms with van der Waals surface area (Å²) in [5, 5.41) is 12.2. The maximum Gasteiger partial charge on any atom is 0.311 e. The molecule has 1 amide bonds. The summed E-state index contributed by atoms with van der Waals surface area (Å²) in [6, 6.07) is 11.2. The van der Waals surface area contributed by atoms with E-state index in [0.29, 0.717) is 5.56 Å². The average molecular weight is 307 g/mol. The van der Waals surface area contributed by atoms with E-state index in [-0.39, 0.29) is 17.3 Å². The van der Waals surface area contributed by atoms with E-state index in [1.165, 1.54) is 12.1 Å². The number of carbonyl (C=O) groups is 1. The molecule has 0 saturated heterocycles. The van der Waals surface area contributed by atoms with Crippen LogP contribution >= 0.6 is 11.6 Å². The molecule has 1 atom stereocenters. The Balaban J connectivity index is 2.13. The van der Waals surface area contributed by atoms with E-state index >= 15 is 0 Å². The molecule has 0 spiro atoms. The molecule has 0 radical (unpaired) electrons. The second-order valence-corrected chi connectivity index (χ2v) is 4.56. The van der Waals surface area contributed by atoms with E-state index in [2.05, 4.69) is 10.3 Å². The number of hydrogen-bond acceptors (Lipinski definition) is 5. The van der Waals surface area contributed by atoms with Crippen LogP contribution < -0.4 is 11.1 Å². The van der Waals surface area contributed by atoms with Crippen molar-refractivity contribution in [1.82, 2.24) is 4.98 Å². The number of nitrogens with two attached hydrogens (primary N) is 1. The van der Waals surface area contributed by atoms with Crippen LogP contribution in [0.4, 0.5) is 17.3 Å². The molecule has 2 rings (SSSR count). The maximum absolute atomic E-state index is 12.0. The fourth-order valence-corrected chi connectivity index (χ4v) is 1.85. The maximum atomic E-state index is 12.0. The molecule has 0 saturated carbocycles. The van der Waals surface area contributed by atoms with Crippen LogP contribution in [0.5, 0.6) is 0 Å². The van der Waals surface area contributed by atoms with Gasteiger partial charge in [0, 0.05) is 6.07 Å². The molecule has 1 heterocycles. The van der Waals surface area contributed by atoms with Crippen molar-refractivity contribution < 1.29 is 9.72 Å². The number of anilines is 2. The van der Waals surface area contributed by atoms with Gasteiger partial charge in [-0.2, -0.15) is 0 Å². The van der Waals surface area contributed by atoms with Gasteiger partial charge in [0.25, 0.3) is 0 Å². The van der Waals surface area contributed by atoms with Crippen LogP contribution in [0.25, 0.3) is 0 Å². The molecule has 0 aliphatic heterocycles. The number of nitro groups is 1. The number of rotatable bonds is 4. The van der Waals surface area contributed by atoms with Crippen molar-refractivity contribution in [2.75, 3.05) is 11.1 Å². The summed E-state index contributed by atoms with van der Waals surface area (Å²) < 4.78 is 0. The zero-order chi connectivity index (χ0) is 15.4. The van der Waals surface area contributed by atoms with E-state index in [1.54, 1.807) is 24.3 Å². The highest BCUT2D eigenvalue weighted by atomic mass is 35.5. The number of amides is 1. The highest BCUT2D eigenvalue weighted by Crippen LogP contribution is 2.24. The molecule has 3 N–H and O–H groups in total. The van der Waals surface area contributed by atoms with E-state index in [1.807, 2.05) is 6.07 Å². The summed E-state index contributed by atoms with van der Waals surface area (Å²) in [5.74, 6) is -0.670. The fourth-order valence-electron chi connectivity index (χ4n) is 1.65. The number of hydrogen-bond donors (Lipinski definition) is 2. The smallest absolute Gasteiger partial charge is 0.311 e. The third-order valence-electron chi connectivity index (χ3n) is 2.67. The van der Waals surface area contributed by atoms with Crippen molar-refractivity contribution in [2.45, 2.75) is 5.38 Å². The lowest BCUT2D eigenvalue weighted by molar-refractivity contribution is -0.384. The molecule has 0 aliphatic rings. The van der Waals surface area contributed by atoms with Crippen molar-refractivity contribution in [3.05, 3.63) is 58.1 Å². The van der Waals surface area contributed by atoms with Crippen LogP contribution in [0.1, 0.15) is 10.9 Å². The van der Waals surface area contributed by atoms with E-state index < -0.39 is 16.2 Å². The number of pyridine rings is 1. The molecular weight excluding hydrogens is 296 g/mol. The minimum atomic E-state index is -0.899. The lowest BCUT2D eigenvalue weighted by Gasteiger charge is -2.10. The molecule has 7 nitrogen and oxygen atoms in total. The summed E-state index contributed by atoms with van der Waals surface area (Å²) >= 11 is 6.05. The Bertz CT molecular complexity index is 678. The van der Waals surface area contributed by atoms with Crippen molar-refractivity contribution in [1.29, 1.82) is 0 Å². The number of benzene rings is 1. The van der Waals surface area contributed by atoms with Gasteiger partial charge in [-0.25, -0.2) is 4.98 Å². The number of nitrogens with zero attached hydrogens (tertiary/aromatic N) is 2. The Labute approximate surface area is 124 Å². The van der Waals surface area contributed by atoms with Crippen LogP contribution in [-0.2, 0) is 4.79 Å². The molecular formula is C13H11ClN4O3. The molecule has 21 heavy (non-hydrogen) atoms. The molecule has 8 heteroatoms. The van der Waals surface area contributed by atoms with Crippen LogP contribution in [0.3, 0.4) is 0 Å². The predicted octanol–water partition coefficient (Wildman–Crippen LogP) is 2.49. The third kappa shape index (κ3) is 3.46. The number of aromatic nitrogens is 1. The van der Waals surface area contributed by atoms with Crippen molar-refractivity contribution in [3.63, 3.8) is 0 Å². The minimum absolute atomic E-state index is 0.102. The monoisotopic (exact) mass is 306 g/mol. The first-order chi connectivity index (χ1) is 9.99. The van der Waals surface area contributed by atoms with Gasteiger partial charge in [0.15, 0.2) is 0 Å². The Kier molecular flexibility index (Phi) is 4.34. The van der Waals surface area contributed by atoms with Crippen molar-refractivity contribution >= 4 is 34.8 Å². The van der Waals surface area contributed by atoms with Gasteiger partial charge in [0.05, 0.1) is 4.92 Å². The SMILES string of the molecule is Nc1nc(NC(=O)C(Cl)c2ccccc2)ccc1[N+](=O)[O-]. The number of nitrogen functional groups attached to an aromatic ring is 1. The first-order valence-electron chi connectivity index (χ1n) is 5.90. The summed E-state index contributed by atoms with van der Waals surface area (Å²) in [4.78, 5) is 25.7. The number of nitrogens with one attached hydrogen (secondary N) is 1. The molecule has 108 valence electrons. The van der Waals surface area contributed by atoms with Gasteiger partial charge in [-0.05, 0) is 11.6 Å². The van der Waals surface area contributed by atoms with Crippen molar-refractivity contribution in [2.24, 2.45) is 0 Å². The third-order valence-corrected chi connectivity index (χ3v) is 3.12. The summed E-state index contributed by atoms with van der Waals surface area (Å²) in [5.41, 5.74) is 5.76. The lowest BCUT2D eigenvalue weighted by Crippen LogP contribution is -2.18. The van der Waals surface area contributed by atoms with E-state index in [4.69, 9.17) is 17.3 Å². The van der Waals surface area contributed by atoms with E-state index in [0.717, 1.165) is 0 Å². The average Bonchev–Trinajstić information content (AvgIpc) is 2.47. The zero-order valence-corrected chi connectivity index (χ0v) is 11.4. The summed E-state index contributed by atoms with van der Waals surface area (Å²) in [6.45, 7) is 0. The number of alkyl halides is 1. The molecule has 2 aromatic rings. The number of carbonyl (C=O) groups excluding carboxylic acids is 1. The first-order valence-corrected chi connectivity index (χ1v) is 6.33. The number of halogens is 1. The molecule has 0 aliphatic carbocycles. The molecule has 0 bridgehead atoms. The fraction of sp³-hybridized carbons (Fsp3) is 0.0769. The van der Waals surface area contributed by atoms with Gasteiger partial charge in [-0.1, -0.05) is 30.3 Å². The second kappa shape index (κ2) is 6.19. The molecule has 0 fully saturated rings. The highest BCUT2D eigenvalue weighted by molar-refractivity contribution is 6.32. The van der Waals surface area contributed by atoms with Gasteiger partial charge in [-0.15, -0.1) is 11.6 Å². The topological polar surface area (TPSA) is 111 Å². The van der Waals surface area contributed by atoms with E-state index in [9.17, 15) is 14.9 Å². The van der Waals surface area contributed by atoms with Gasteiger partial charge < -0.3 is 11.1 Å². The second-order valence-electron chi connectivity index (χ2n) is 4.12. The first kappa shape index (κ1) is 14.7. The van der Waals surface area contributed by atoms with Crippen LogP contribution in [0.2, 0.25) is 0 Å². The van der Waals surface area contributed by atoms with Crippen molar-refractivity contribution in [3.8, 4) is 0 Å². The Morgan fingerprint density at radius 2 is 1.95 bits per heavy atom. The van der Waals surface area contributed by atoms with Crippen LogP contribution in [0.15, 0.2) is 42.5 Å². The quantitative estimate of drug-likeness (QED) is 0.512. The van der Waals surface area contributed by atoms with Crippen LogP contribution in [-0.4, -0.2) is 15.8 Å². The Morgan fingerprint density at radius 1 is 1.29 bits per heavy atom. The Hall–Kier alpha value is -2.67. The van der Waals surface area contributed by atoms with Crippen LogP contribution in [0, 0.1) is 10.1 Å². The summed E-state index contributed by atoms with van der Waals surface area (Å²) in [7, 11) is 0.